The molecule has 1 aliphatic heterocycles. The first-order valence-corrected chi connectivity index (χ1v) is 10.1. The molecule has 3 heterocycles. The molecule has 1 saturated heterocycles. The predicted molar refractivity (Wildman–Crippen MR) is 96.5 cm³/mol. The molecule has 2 aromatic rings. The molecule has 3 rings (SSSR count). The normalized spacial score (nSPS) is 16.4. The van der Waals surface area contributed by atoms with Crippen LogP contribution in [0.1, 0.15) is 24.7 Å². The summed E-state index contributed by atoms with van der Waals surface area (Å²) in [6, 6.07) is 5.79. The molecule has 0 atom stereocenters. The van der Waals surface area contributed by atoms with Crippen molar-refractivity contribution in [2.75, 3.05) is 36.8 Å². The average molecular weight is 364 g/mol. The summed E-state index contributed by atoms with van der Waals surface area (Å²) in [5, 5.41) is 13.0. The molecule has 0 amide bonds. The summed E-state index contributed by atoms with van der Waals surface area (Å²) in [4.78, 5) is 2.07. The molecule has 9 heteroatoms. The second-order valence-corrected chi connectivity index (χ2v) is 8.38. The van der Waals surface area contributed by atoms with E-state index in [0.29, 0.717) is 38.4 Å². The van der Waals surface area contributed by atoms with Crippen LogP contribution in [0.2, 0.25) is 0 Å². The summed E-state index contributed by atoms with van der Waals surface area (Å²) in [5.41, 5.74) is 1.95. The highest BCUT2D eigenvalue weighted by Crippen LogP contribution is 2.17. The Morgan fingerprint density at radius 2 is 1.68 bits per heavy atom. The van der Waals surface area contributed by atoms with Gasteiger partial charge in [-0.3, -0.25) is 0 Å². The highest BCUT2D eigenvalue weighted by atomic mass is 32.2. The van der Waals surface area contributed by atoms with Crippen molar-refractivity contribution in [1.82, 2.24) is 24.3 Å². The Labute approximate surface area is 148 Å². The maximum atomic E-state index is 12.1. The van der Waals surface area contributed by atoms with Crippen LogP contribution in [0.25, 0.3) is 5.82 Å². The zero-order valence-electron chi connectivity index (χ0n) is 14.9. The number of hydrogen-bond donors (Lipinski definition) is 0. The fraction of sp³-hybridized carbons (Fsp3) is 0.562. The second-order valence-electron chi connectivity index (χ2n) is 6.29. The molecule has 25 heavy (non-hydrogen) atoms. The van der Waals surface area contributed by atoms with Crippen molar-refractivity contribution < 1.29 is 8.42 Å². The van der Waals surface area contributed by atoms with E-state index in [-0.39, 0.29) is 5.75 Å². The predicted octanol–water partition coefficient (Wildman–Crippen LogP) is 1.14. The molecule has 136 valence electrons. The molecule has 0 aliphatic carbocycles. The van der Waals surface area contributed by atoms with E-state index in [1.807, 2.05) is 39.0 Å². The van der Waals surface area contributed by atoms with Crippen molar-refractivity contribution in [3.8, 4) is 5.82 Å². The largest absolute Gasteiger partial charge is 0.352 e. The lowest BCUT2D eigenvalue weighted by atomic mass is 10.3. The molecule has 0 bridgehead atoms. The summed E-state index contributed by atoms with van der Waals surface area (Å²) in [6.45, 7) is 8.02. The lowest BCUT2D eigenvalue weighted by molar-refractivity contribution is 0.383. The van der Waals surface area contributed by atoms with E-state index in [0.717, 1.165) is 17.2 Å². The van der Waals surface area contributed by atoms with Gasteiger partial charge >= 0.3 is 0 Å². The van der Waals surface area contributed by atoms with Gasteiger partial charge in [0.25, 0.3) is 0 Å². The first-order valence-electron chi connectivity index (χ1n) is 8.51. The quantitative estimate of drug-likeness (QED) is 0.791. The highest BCUT2D eigenvalue weighted by Gasteiger charge is 2.26. The molecule has 0 spiro atoms. The highest BCUT2D eigenvalue weighted by molar-refractivity contribution is 7.89. The fourth-order valence-corrected chi connectivity index (χ4v) is 4.54. The number of sulfonamides is 1. The summed E-state index contributed by atoms with van der Waals surface area (Å²) in [5.74, 6) is 1.65. The van der Waals surface area contributed by atoms with Crippen molar-refractivity contribution in [3.05, 3.63) is 29.6 Å². The van der Waals surface area contributed by atoms with E-state index in [1.54, 1.807) is 8.99 Å². The van der Waals surface area contributed by atoms with Crippen molar-refractivity contribution in [2.24, 2.45) is 0 Å². The molecule has 0 N–H and O–H groups in total. The van der Waals surface area contributed by atoms with E-state index in [4.69, 9.17) is 0 Å². The summed E-state index contributed by atoms with van der Waals surface area (Å²) in [7, 11) is -3.13. The lowest BCUT2D eigenvalue weighted by Gasteiger charge is -2.34. The minimum absolute atomic E-state index is 0.212. The van der Waals surface area contributed by atoms with Crippen LogP contribution < -0.4 is 4.90 Å². The van der Waals surface area contributed by atoms with Crippen molar-refractivity contribution in [3.63, 3.8) is 0 Å². The van der Waals surface area contributed by atoms with Gasteiger partial charge in [0.1, 0.15) is 0 Å². The molecule has 2 aromatic heterocycles. The van der Waals surface area contributed by atoms with E-state index < -0.39 is 10.0 Å². The number of piperazine rings is 1. The van der Waals surface area contributed by atoms with Crippen LogP contribution in [-0.4, -0.2) is 64.6 Å². The number of aromatic nitrogens is 4. The molecule has 0 unspecified atom stereocenters. The van der Waals surface area contributed by atoms with Crippen molar-refractivity contribution in [2.45, 2.75) is 27.2 Å². The number of hydrogen-bond acceptors (Lipinski definition) is 6. The van der Waals surface area contributed by atoms with Gasteiger partial charge in [0.05, 0.1) is 11.4 Å². The third-order valence-electron chi connectivity index (χ3n) is 4.28. The second kappa shape index (κ2) is 7.09. The van der Waals surface area contributed by atoms with Gasteiger partial charge in [0.15, 0.2) is 11.6 Å². The van der Waals surface area contributed by atoms with E-state index in [9.17, 15) is 8.42 Å². The zero-order chi connectivity index (χ0) is 18.0. The average Bonchev–Trinajstić information content (AvgIpc) is 2.93. The lowest BCUT2D eigenvalue weighted by Crippen LogP contribution is -2.49. The maximum Gasteiger partial charge on any atom is 0.214 e. The molecule has 0 saturated carbocycles. The van der Waals surface area contributed by atoms with Gasteiger partial charge in [0.2, 0.25) is 10.0 Å². The molecular weight excluding hydrogens is 340 g/mol. The smallest absolute Gasteiger partial charge is 0.214 e. The third-order valence-corrected chi connectivity index (χ3v) is 6.36. The van der Waals surface area contributed by atoms with Gasteiger partial charge in [-0.05, 0) is 38.5 Å². The fourth-order valence-electron chi connectivity index (χ4n) is 3.04. The van der Waals surface area contributed by atoms with Gasteiger partial charge < -0.3 is 4.90 Å². The summed E-state index contributed by atoms with van der Waals surface area (Å²) in [6.07, 6.45) is 0.641. The van der Waals surface area contributed by atoms with Crippen molar-refractivity contribution in [1.29, 1.82) is 0 Å². The van der Waals surface area contributed by atoms with E-state index in [1.165, 1.54) is 0 Å². The molecule has 1 fully saturated rings. The van der Waals surface area contributed by atoms with Crippen molar-refractivity contribution >= 4 is 15.8 Å². The molecule has 0 aromatic carbocycles. The van der Waals surface area contributed by atoms with Crippen LogP contribution in [0.3, 0.4) is 0 Å². The zero-order valence-corrected chi connectivity index (χ0v) is 15.7. The molecule has 1 aliphatic rings. The first-order chi connectivity index (χ1) is 11.9. The van der Waals surface area contributed by atoms with Crippen LogP contribution in [0.4, 0.5) is 5.82 Å². The van der Waals surface area contributed by atoms with E-state index >= 15 is 0 Å². The molecule has 8 nitrogen and oxygen atoms in total. The van der Waals surface area contributed by atoms with Crippen LogP contribution in [0.5, 0.6) is 0 Å². The van der Waals surface area contributed by atoms with Gasteiger partial charge in [-0.15, -0.1) is 10.2 Å². The number of anilines is 1. The van der Waals surface area contributed by atoms with Crippen LogP contribution >= 0.6 is 0 Å². The minimum atomic E-state index is -3.13. The van der Waals surface area contributed by atoms with Gasteiger partial charge in [0, 0.05) is 31.9 Å². The van der Waals surface area contributed by atoms with Gasteiger partial charge in [-0.1, -0.05) is 6.92 Å². The van der Waals surface area contributed by atoms with Crippen LogP contribution in [-0.2, 0) is 10.0 Å². The Kier molecular flexibility index (Phi) is 5.05. The van der Waals surface area contributed by atoms with Gasteiger partial charge in [-0.2, -0.15) is 9.40 Å². The number of aryl methyl sites for hydroxylation is 2. The Morgan fingerprint density at radius 3 is 2.20 bits per heavy atom. The SMILES string of the molecule is CCCS(=O)(=O)N1CCN(c2ccc(-n3nc(C)cc3C)nn2)CC1. The Bertz CT molecular complexity index is 823. The third kappa shape index (κ3) is 3.82. The summed E-state index contributed by atoms with van der Waals surface area (Å²) < 4.78 is 27.6. The topological polar surface area (TPSA) is 84.2 Å². The maximum absolute atomic E-state index is 12.1. The Morgan fingerprint density at radius 1 is 1.04 bits per heavy atom. The van der Waals surface area contributed by atoms with Crippen LogP contribution in [0, 0.1) is 13.8 Å². The van der Waals surface area contributed by atoms with E-state index in [2.05, 4.69) is 20.2 Å². The Balaban J connectivity index is 1.67. The first kappa shape index (κ1) is 17.8. The Hall–Kier alpha value is -2.00. The molecule has 0 radical (unpaired) electrons. The molecular formula is C16H24N6O2S. The number of rotatable bonds is 5. The monoisotopic (exact) mass is 364 g/mol. The van der Waals surface area contributed by atoms with Gasteiger partial charge in [-0.25, -0.2) is 13.1 Å². The van der Waals surface area contributed by atoms with Crippen LogP contribution in [0.15, 0.2) is 18.2 Å². The standard InChI is InChI=1S/C16H24N6O2S/c1-4-11-25(23,24)21-9-7-20(8-10-21)15-5-6-16(18-17-15)22-14(3)12-13(2)19-22/h5-6,12H,4,7-11H2,1-3H3. The summed E-state index contributed by atoms with van der Waals surface area (Å²) >= 11 is 0. The number of nitrogens with zero attached hydrogens (tertiary/aromatic N) is 6. The minimum Gasteiger partial charge on any atom is -0.352 e.